The molecular formula is C44H52F2N6O10. The van der Waals surface area contributed by atoms with Crippen molar-refractivity contribution in [3.05, 3.63) is 89.9 Å². The molecule has 6 rings (SSSR count). The molecular weight excluding hydrogens is 811 g/mol. The quantitative estimate of drug-likeness (QED) is 0.131. The standard InChI is InChI=1S/C44H52F2N6O10/c1-27(60-28(2)53)41(56)52(24-31-23-50(43(58)62-44(3,4)5)26-36(31)61-42(57)47-17-18-51-37(54)13-14-38(51)55)39(30-15-19-59-20-16-30)40-48-35(33-21-32(45)11-12-34(33)46)25-49(40)22-29-9-7-6-8-10-29/h6-14,21,25,27,30-31,36,39H,15-20,22-24,26H2,1-5H3,(H,47,57)/t27-,31+,36-,39+/m0/s1. The van der Waals surface area contributed by atoms with Gasteiger partial charge in [0, 0.05) is 82.7 Å². The predicted octanol–water partition coefficient (Wildman–Crippen LogP) is 5.01. The maximum atomic E-state index is 15.4. The zero-order valence-corrected chi connectivity index (χ0v) is 35.4. The number of carbonyl (C=O) groups excluding carboxylic acids is 6. The molecule has 4 atom stereocenters. The lowest BCUT2D eigenvalue weighted by Crippen LogP contribution is -2.50. The van der Waals surface area contributed by atoms with Crippen molar-refractivity contribution >= 4 is 35.9 Å². The van der Waals surface area contributed by atoms with E-state index in [9.17, 15) is 33.2 Å². The molecule has 0 saturated carbocycles. The van der Waals surface area contributed by atoms with E-state index in [2.05, 4.69) is 5.32 Å². The van der Waals surface area contributed by atoms with Gasteiger partial charge in [0.25, 0.3) is 17.7 Å². The number of halogens is 2. The molecule has 3 aliphatic heterocycles. The van der Waals surface area contributed by atoms with Gasteiger partial charge in [-0.15, -0.1) is 0 Å². The minimum atomic E-state index is -1.30. The smallest absolute Gasteiger partial charge is 0.410 e. The number of nitrogens with one attached hydrogen (secondary N) is 1. The van der Waals surface area contributed by atoms with Crippen molar-refractivity contribution in [3.63, 3.8) is 0 Å². The van der Waals surface area contributed by atoms with Crippen LogP contribution in [-0.4, -0.2) is 124 Å². The van der Waals surface area contributed by atoms with Crippen LogP contribution >= 0.6 is 0 Å². The molecule has 1 N–H and O–H groups in total. The van der Waals surface area contributed by atoms with E-state index in [1.165, 1.54) is 23.6 Å². The van der Waals surface area contributed by atoms with E-state index in [1.54, 1.807) is 31.5 Å². The van der Waals surface area contributed by atoms with Crippen LogP contribution in [-0.2, 0) is 44.7 Å². The van der Waals surface area contributed by atoms with Crippen molar-refractivity contribution in [1.29, 1.82) is 0 Å². The first-order valence-corrected chi connectivity index (χ1v) is 20.5. The molecule has 332 valence electrons. The first-order valence-electron chi connectivity index (χ1n) is 20.5. The summed E-state index contributed by atoms with van der Waals surface area (Å²) in [7, 11) is 0. The van der Waals surface area contributed by atoms with Crippen LogP contribution in [0.15, 0.2) is 66.9 Å². The lowest BCUT2D eigenvalue weighted by molar-refractivity contribution is -0.160. The van der Waals surface area contributed by atoms with E-state index in [4.69, 9.17) is 23.9 Å². The van der Waals surface area contributed by atoms with Gasteiger partial charge in [0.1, 0.15) is 29.2 Å². The van der Waals surface area contributed by atoms with Gasteiger partial charge in [-0.1, -0.05) is 30.3 Å². The van der Waals surface area contributed by atoms with Crippen LogP contribution in [0.1, 0.15) is 64.9 Å². The lowest BCUT2D eigenvalue weighted by Gasteiger charge is -2.41. The number of nitrogens with zero attached hydrogens (tertiary/aromatic N) is 5. The van der Waals surface area contributed by atoms with E-state index in [0.717, 1.165) is 40.8 Å². The number of alkyl carbamates (subject to hydrolysis) is 1. The van der Waals surface area contributed by atoms with E-state index in [-0.39, 0.29) is 56.4 Å². The van der Waals surface area contributed by atoms with Gasteiger partial charge in [-0.05, 0) is 70.2 Å². The van der Waals surface area contributed by atoms with E-state index < -0.39 is 77.3 Å². The molecule has 0 radical (unpaired) electrons. The van der Waals surface area contributed by atoms with Crippen LogP contribution in [0.25, 0.3) is 11.3 Å². The zero-order valence-electron chi connectivity index (χ0n) is 35.4. The molecule has 0 aliphatic carbocycles. The maximum absolute atomic E-state index is 15.4. The summed E-state index contributed by atoms with van der Waals surface area (Å²) in [4.78, 5) is 87.0. The van der Waals surface area contributed by atoms with Crippen molar-refractivity contribution in [2.75, 3.05) is 45.9 Å². The normalized spacial score (nSPS) is 19.0. The second kappa shape index (κ2) is 19.7. The summed E-state index contributed by atoms with van der Waals surface area (Å²) in [6, 6.07) is 11.6. The molecule has 1 aromatic heterocycles. The Morgan fingerprint density at radius 1 is 1.00 bits per heavy atom. The number of hydrogen-bond donors (Lipinski definition) is 1. The summed E-state index contributed by atoms with van der Waals surface area (Å²) in [5.74, 6) is -4.47. The van der Waals surface area contributed by atoms with Gasteiger partial charge >= 0.3 is 18.2 Å². The summed E-state index contributed by atoms with van der Waals surface area (Å²) in [5.41, 5.74) is 0.0144. The number of amides is 5. The highest BCUT2D eigenvalue weighted by Crippen LogP contribution is 2.39. The second-order valence-corrected chi connectivity index (χ2v) is 16.5. The van der Waals surface area contributed by atoms with Crippen LogP contribution in [0.3, 0.4) is 0 Å². The van der Waals surface area contributed by atoms with Crippen LogP contribution in [0.5, 0.6) is 0 Å². The number of aromatic nitrogens is 2. The molecule has 0 spiro atoms. The Morgan fingerprint density at radius 3 is 2.35 bits per heavy atom. The number of hydrogen-bond acceptors (Lipinski definition) is 11. The molecule has 16 nitrogen and oxygen atoms in total. The molecule has 2 fully saturated rings. The van der Waals surface area contributed by atoms with Crippen molar-refractivity contribution in [1.82, 2.24) is 29.6 Å². The number of benzene rings is 2. The van der Waals surface area contributed by atoms with Crippen LogP contribution in [0, 0.1) is 23.5 Å². The third kappa shape index (κ3) is 11.4. The molecule has 3 aliphatic rings. The fourth-order valence-electron chi connectivity index (χ4n) is 7.89. The number of imide groups is 1. The van der Waals surface area contributed by atoms with Crippen molar-refractivity contribution in [2.24, 2.45) is 11.8 Å². The highest BCUT2D eigenvalue weighted by molar-refractivity contribution is 6.12. The van der Waals surface area contributed by atoms with Gasteiger partial charge in [-0.3, -0.25) is 24.1 Å². The van der Waals surface area contributed by atoms with Crippen molar-refractivity contribution in [3.8, 4) is 11.3 Å². The minimum absolute atomic E-state index is 0.0280. The summed E-state index contributed by atoms with van der Waals surface area (Å²) in [6.07, 6.45) is 0.906. The Morgan fingerprint density at radius 2 is 1.69 bits per heavy atom. The number of carbonyl (C=O) groups is 6. The summed E-state index contributed by atoms with van der Waals surface area (Å²) in [6.45, 7) is 8.14. The molecule has 4 heterocycles. The molecule has 2 aromatic carbocycles. The molecule has 62 heavy (non-hydrogen) atoms. The Labute approximate surface area is 358 Å². The Kier molecular flexibility index (Phi) is 14.4. The Hall–Kier alpha value is -6.17. The summed E-state index contributed by atoms with van der Waals surface area (Å²) in [5, 5.41) is 2.56. The summed E-state index contributed by atoms with van der Waals surface area (Å²) >= 11 is 0. The Balaban J connectivity index is 1.41. The second-order valence-electron chi connectivity index (χ2n) is 16.5. The average Bonchev–Trinajstić information content (AvgIpc) is 3.91. The molecule has 18 heteroatoms. The van der Waals surface area contributed by atoms with Crippen molar-refractivity contribution < 1.29 is 56.5 Å². The van der Waals surface area contributed by atoms with Gasteiger partial charge in [-0.2, -0.15) is 0 Å². The third-order valence-electron chi connectivity index (χ3n) is 10.7. The fraction of sp³-hybridized carbons (Fsp3) is 0.477. The number of ether oxygens (including phenoxy) is 4. The first kappa shape index (κ1) is 45.4. The number of esters is 1. The summed E-state index contributed by atoms with van der Waals surface area (Å²) < 4.78 is 54.7. The van der Waals surface area contributed by atoms with E-state index in [0.29, 0.717) is 31.9 Å². The number of imidazole rings is 1. The van der Waals surface area contributed by atoms with Gasteiger partial charge in [0.15, 0.2) is 6.10 Å². The monoisotopic (exact) mass is 862 g/mol. The minimum Gasteiger partial charge on any atom is -0.453 e. The average molecular weight is 863 g/mol. The zero-order chi connectivity index (χ0) is 44.7. The van der Waals surface area contributed by atoms with Gasteiger partial charge < -0.3 is 38.6 Å². The largest absolute Gasteiger partial charge is 0.453 e. The SMILES string of the molecule is CC(=O)O[C@@H](C)C(=O)N(C[C@H]1CN(C(=O)OC(C)(C)C)C[C@@H]1OC(=O)NCCN1C(=O)C=CC1=O)[C@@H](c1nc(-c2cc(F)ccc2F)cn1Cc1ccccc1)C1CCOCC1. The molecule has 3 aromatic rings. The highest BCUT2D eigenvalue weighted by atomic mass is 19.1. The van der Waals surface area contributed by atoms with Crippen molar-refractivity contribution in [2.45, 2.75) is 77.9 Å². The third-order valence-corrected chi connectivity index (χ3v) is 10.7. The van der Waals surface area contributed by atoms with Gasteiger partial charge in [0.05, 0.1) is 18.3 Å². The predicted molar refractivity (Wildman–Crippen MR) is 218 cm³/mol. The molecule has 2 saturated heterocycles. The molecule has 0 unspecified atom stereocenters. The molecule has 5 amide bonds. The van der Waals surface area contributed by atoms with Crippen LogP contribution in [0.2, 0.25) is 0 Å². The number of rotatable bonds is 14. The van der Waals surface area contributed by atoms with E-state index in [1.807, 2.05) is 30.3 Å². The maximum Gasteiger partial charge on any atom is 0.410 e. The number of likely N-dealkylation sites (tertiary alicyclic amines) is 1. The van der Waals surface area contributed by atoms with Gasteiger partial charge in [-0.25, -0.2) is 23.4 Å². The van der Waals surface area contributed by atoms with Crippen LogP contribution < -0.4 is 5.32 Å². The Bertz CT molecular complexity index is 2150. The topological polar surface area (TPSA) is 179 Å². The fourth-order valence-corrected chi connectivity index (χ4v) is 7.89. The first-order chi connectivity index (χ1) is 29.5. The lowest BCUT2D eigenvalue weighted by atomic mass is 9.88. The molecule has 0 bridgehead atoms. The van der Waals surface area contributed by atoms with Crippen LogP contribution in [0.4, 0.5) is 18.4 Å². The van der Waals surface area contributed by atoms with E-state index >= 15 is 4.39 Å². The highest BCUT2D eigenvalue weighted by Gasteiger charge is 2.45. The van der Waals surface area contributed by atoms with Gasteiger partial charge in [0.2, 0.25) is 0 Å².